The second-order valence-electron chi connectivity index (χ2n) is 5.41. The molecule has 1 aromatic rings. The van der Waals surface area contributed by atoms with E-state index in [-0.39, 0.29) is 18.7 Å². The third kappa shape index (κ3) is 4.35. The Balaban J connectivity index is 2.26. The zero-order valence-electron chi connectivity index (χ0n) is 13.5. The first kappa shape index (κ1) is 18.4. The van der Waals surface area contributed by atoms with Gasteiger partial charge in [0.15, 0.2) is 12.3 Å². The van der Waals surface area contributed by atoms with E-state index in [1.54, 1.807) is 24.3 Å². The van der Waals surface area contributed by atoms with Gasteiger partial charge in [-0.3, -0.25) is 14.5 Å². The summed E-state index contributed by atoms with van der Waals surface area (Å²) in [6.07, 6.45) is 0.663. The molecule has 24 heavy (non-hydrogen) atoms. The molecule has 0 saturated carbocycles. The SMILES string of the molecule is COC(=O)COP(=O)(Oc1ccc(C)cc1)C1CCCN(O)C1=O. The number of amides is 1. The van der Waals surface area contributed by atoms with E-state index in [0.29, 0.717) is 11.5 Å². The van der Waals surface area contributed by atoms with Crippen LogP contribution in [0.25, 0.3) is 0 Å². The van der Waals surface area contributed by atoms with Gasteiger partial charge in [0.05, 0.1) is 7.11 Å². The van der Waals surface area contributed by atoms with Crippen molar-refractivity contribution in [2.45, 2.75) is 25.4 Å². The molecule has 8 nitrogen and oxygen atoms in total. The third-order valence-corrected chi connectivity index (χ3v) is 5.81. The standard InChI is InChI=1S/C15H20NO7P/c1-11-5-7-12(8-6-11)23-24(20,22-10-14(17)21-2)13-4-3-9-16(19)15(13)18/h5-8,13,19H,3-4,9-10H2,1-2H3. The van der Waals surface area contributed by atoms with Crippen LogP contribution in [0, 0.1) is 6.92 Å². The molecule has 1 aliphatic rings. The molecule has 1 aromatic carbocycles. The van der Waals surface area contributed by atoms with Crippen LogP contribution in [0.1, 0.15) is 18.4 Å². The van der Waals surface area contributed by atoms with Crippen LogP contribution >= 0.6 is 7.60 Å². The summed E-state index contributed by atoms with van der Waals surface area (Å²) in [4.78, 5) is 23.5. The maximum atomic E-state index is 13.2. The van der Waals surface area contributed by atoms with E-state index in [9.17, 15) is 19.4 Å². The topological polar surface area (TPSA) is 102 Å². The Bertz CT molecular complexity index is 646. The summed E-state index contributed by atoms with van der Waals surface area (Å²) in [7, 11) is -2.88. The summed E-state index contributed by atoms with van der Waals surface area (Å²) < 4.78 is 28.3. The van der Waals surface area contributed by atoms with Crippen molar-refractivity contribution < 1.29 is 33.1 Å². The normalized spacial score (nSPS) is 20.4. The summed E-state index contributed by atoms with van der Waals surface area (Å²) in [5.74, 6) is -1.25. The highest BCUT2D eigenvalue weighted by molar-refractivity contribution is 7.56. The zero-order valence-corrected chi connectivity index (χ0v) is 14.4. The van der Waals surface area contributed by atoms with Gasteiger partial charge >= 0.3 is 13.6 Å². The Morgan fingerprint density at radius 1 is 1.38 bits per heavy atom. The summed E-state index contributed by atoms with van der Waals surface area (Å²) in [5, 5.41) is 10.1. The molecule has 1 amide bonds. The number of piperidine rings is 1. The van der Waals surface area contributed by atoms with Crippen LogP contribution in [0.4, 0.5) is 0 Å². The van der Waals surface area contributed by atoms with Crippen LogP contribution in [0.2, 0.25) is 0 Å². The lowest BCUT2D eigenvalue weighted by molar-refractivity contribution is -0.169. The fourth-order valence-electron chi connectivity index (χ4n) is 2.26. The van der Waals surface area contributed by atoms with E-state index in [1.807, 2.05) is 6.92 Å². The van der Waals surface area contributed by atoms with Gasteiger partial charge < -0.3 is 9.26 Å². The van der Waals surface area contributed by atoms with Crippen LogP contribution in [0.3, 0.4) is 0 Å². The maximum absolute atomic E-state index is 13.2. The number of esters is 1. The lowest BCUT2D eigenvalue weighted by Crippen LogP contribution is -2.43. The summed E-state index contributed by atoms with van der Waals surface area (Å²) in [6.45, 7) is 1.41. The van der Waals surface area contributed by atoms with Crippen LogP contribution in [0.5, 0.6) is 5.75 Å². The number of hydrogen-bond donors (Lipinski definition) is 1. The fourth-order valence-corrected chi connectivity index (χ4v) is 4.22. The van der Waals surface area contributed by atoms with Gasteiger partial charge in [-0.2, -0.15) is 0 Å². The molecule has 1 heterocycles. The zero-order chi connectivity index (χ0) is 17.7. The molecular weight excluding hydrogens is 337 g/mol. The molecule has 1 aliphatic heterocycles. The highest BCUT2D eigenvalue weighted by atomic mass is 31.2. The van der Waals surface area contributed by atoms with E-state index in [2.05, 4.69) is 4.74 Å². The van der Waals surface area contributed by atoms with Crippen LogP contribution in [-0.2, 0) is 23.4 Å². The smallest absolute Gasteiger partial charge is 0.392 e. The predicted octanol–water partition coefficient (Wildman–Crippen LogP) is 2.14. The van der Waals surface area contributed by atoms with Crippen molar-refractivity contribution in [1.82, 2.24) is 5.06 Å². The van der Waals surface area contributed by atoms with Crippen molar-refractivity contribution in [1.29, 1.82) is 0 Å². The second-order valence-corrected chi connectivity index (χ2v) is 7.56. The van der Waals surface area contributed by atoms with Crippen molar-refractivity contribution >= 4 is 19.5 Å². The molecule has 1 fully saturated rings. The minimum atomic E-state index is -4.04. The largest absolute Gasteiger partial charge is 0.467 e. The molecule has 1 N–H and O–H groups in total. The minimum Gasteiger partial charge on any atom is -0.467 e. The van der Waals surface area contributed by atoms with Crippen LogP contribution in [-0.4, -0.2) is 48.1 Å². The van der Waals surface area contributed by atoms with Crippen molar-refractivity contribution in [2.75, 3.05) is 20.3 Å². The number of benzene rings is 1. The number of aryl methyl sites for hydroxylation is 1. The van der Waals surface area contributed by atoms with Gasteiger partial charge in [0.1, 0.15) is 5.75 Å². The Morgan fingerprint density at radius 2 is 2.04 bits per heavy atom. The summed E-state index contributed by atoms with van der Waals surface area (Å²) in [5.41, 5.74) is -0.204. The molecule has 0 aliphatic carbocycles. The van der Waals surface area contributed by atoms with E-state index in [1.165, 1.54) is 7.11 Å². The molecule has 0 spiro atoms. The molecule has 0 bridgehead atoms. The monoisotopic (exact) mass is 357 g/mol. The lowest BCUT2D eigenvalue weighted by atomic mass is 10.1. The summed E-state index contributed by atoms with van der Waals surface area (Å²) in [6, 6.07) is 6.68. The number of nitrogens with zero attached hydrogens (tertiary/aromatic N) is 1. The van der Waals surface area contributed by atoms with Gasteiger partial charge in [0.25, 0.3) is 5.91 Å². The number of rotatable bonds is 6. The Hall–Kier alpha value is -1.89. The van der Waals surface area contributed by atoms with E-state index in [0.717, 1.165) is 5.56 Å². The second kappa shape index (κ2) is 7.79. The average Bonchev–Trinajstić information content (AvgIpc) is 2.57. The number of methoxy groups -OCH3 is 1. The molecule has 2 atom stereocenters. The van der Waals surface area contributed by atoms with E-state index < -0.39 is 31.7 Å². The Morgan fingerprint density at radius 3 is 2.67 bits per heavy atom. The van der Waals surface area contributed by atoms with Crippen molar-refractivity contribution in [3.05, 3.63) is 29.8 Å². The number of hydroxylamine groups is 2. The summed E-state index contributed by atoms with van der Waals surface area (Å²) >= 11 is 0. The van der Waals surface area contributed by atoms with Crippen molar-refractivity contribution in [2.24, 2.45) is 0 Å². The third-order valence-electron chi connectivity index (χ3n) is 3.61. The first-order valence-electron chi connectivity index (χ1n) is 7.43. The number of ether oxygens (including phenoxy) is 1. The highest BCUT2D eigenvalue weighted by Crippen LogP contribution is 2.55. The molecule has 0 aromatic heterocycles. The number of carbonyl (C=O) groups is 2. The van der Waals surface area contributed by atoms with E-state index in [4.69, 9.17) is 9.05 Å². The minimum absolute atomic E-state index is 0.150. The molecule has 2 unspecified atom stereocenters. The van der Waals surface area contributed by atoms with Crippen LogP contribution < -0.4 is 4.52 Å². The average molecular weight is 357 g/mol. The number of carbonyl (C=O) groups excluding carboxylic acids is 2. The quantitative estimate of drug-likeness (QED) is 0.473. The Labute approximate surface area is 139 Å². The number of hydrogen-bond acceptors (Lipinski definition) is 7. The van der Waals surface area contributed by atoms with Crippen LogP contribution in [0.15, 0.2) is 24.3 Å². The maximum Gasteiger partial charge on any atom is 0.392 e. The lowest BCUT2D eigenvalue weighted by Gasteiger charge is -2.31. The fraction of sp³-hybridized carbons (Fsp3) is 0.467. The first-order valence-corrected chi connectivity index (χ1v) is 9.04. The molecule has 0 radical (unpaired) electrons. The van der Waals surface area contributed by atoms with Crippen molar-refractivity contribution in [3.63, 3.8) is 0 Å². The van der Waals surface area contributed by atoms with Gasteiger partial charge in [0.2, 0.25) is 0 Å². The molecule has 1 saturated heterocycles. The highest BCUT2D eigenvalue weighted by Gasteiger charge is 2.46. The predicted molar refractivity (Wildman–Crippen MR) is 83.9 cm³/mol. The van der Waals surface area contributed by atoms with Gasteiger partial charge in [-0.1, -0.05) is 17.7 Å². The first-order chi connectivity index (χ1) is 11.4. The van der Waals surface area contributed by atoms with Gasteiger partial charge in [-0.05, 0) is 31.9 Å². The molecule has 132 valence electrons. The molecule has 9 heteroatoms. The van der Waals surface area contributed by atoms with E-state index >= 15 is 0 Å². The van der Waals surface area contributed by atoms with Gasteiger partial charge in [0, 0.05) is 6.54 Å². The molecule has 2 rings (SSSR count). The van der Waals surface area contributed by atoms with Crippen molar-refractivity contribution in [3.8, 4) is 5.75 Å². The van der Waals surface area contributed by atoms with Gasteiger partial charge in [-0.25, -0.2) is 14.4 Å². The van der Waals surface area contributed by atoms with Gasteiger partial charge in [-0.15, -0.1) is 0 Å². The molecular formula is C15H20NO7P. The Kier molecular flexibility index (Phi) is 5.99.